The number of aryl methyl sites for hydroxylation is 2. The third kappa shape index (κ3) is 3.76. The summed E-state index contributed by atoms with van der Waals surface area (Å²) in [6.45, 7) is 7.83. The molecule has 1 unspecified atom stereocenters. The summed E-state index contributed by atoms with van der Waals surface area (Å²) in [6.07, 6.45) is 2.85. The Kier molecular flexibility index (Phi) is 5.23. The molecule has 3 rings (SSSR count). The molecule has 0 bridgehead atoms. The predicted octanol–water partition coefficient (Wildman–Crippen LogP) is 2.90. The largest absolute Gasteiger partial charge is 0.341 e. The molecule has 5 heteroatoms. The quantitative estimate of drug-likeness (QED) is 0.910. The van der Waals surface area contributed by atoms with Crippen LogP contribution in [0.5, 0.6) is 0 Å². The molecule has 1 aromatic carbocycles. The first-order chi connectivity index (χ1) is 12.0. The fourth-order valence-electron chi connectivity index (χ4n) is 3.56. The number of aromatic nitrogens is 2. The molecule has 0 radical (unpaired) electrons. The van der Waals surface area contributed by atoms with Gasteiger partial charge in [-0.25, -0.2) is 4.68 Å². The molecule has 1 N–H and O–H groups in total. The van der Waals surface area contributed by atoms with E-state index in [2.05, 4.69) is 31.3 Å². The van der Waals surface area contributed by atoms with Gasteiger partial charge >= 0.3 is 0 Å². The van der Waals surface area contributed by atoms with E-state index in [1.54, 1.807) is 0 Å². The van der Waals surface area contributed by atoms with Crippen molar-refractivity contribution in [2.24, 2.45) is 0 Å². The zero-order chi connectivity index (χ0) is 18.0. The molecule has 25 heavy (non-hydrogen) atoms. The lowest BCUT2D eigenvalue weighted by atomic mass is 10.1. The van der Waals surface area contributed by atoms with Crippen molar-refractivity contribution in [1.82, 2.24) is 20.0 Å². The van der Waals surface area contributed by atoms with Gasteiger partial charge in [-0.05, 0) is 51.8 Å². The lowest BCUT2D eigenvalue weighted by Gasteiger charge is -2.20. The maximum absolute atomic E-state index is 12.5. The van der Waals surface area contributed by atoms with Crippen LogP contribution in [0.1, 0.15) is 41.8 Å². The Labute approximate surface area is 150 Å². The van der Waals surface area contributed by atoms with E-state index in [0.717, 1.165) is 35.6 Å². The number of amides is 1. The Morgan fingerprint density at radius 2 is 2.08 bits per heavy atom. The summed E-state index contributed by atoms with van der Waals surface area (Å²) in [6, 6.07) is 8.58. The van der Waals surface area contributed by atoms with E-state index < -0.39 is 0 Å². The lowest BCUT2D eigenvalue weighted by Crippen LogP contribution is -2.33. The van der Waals surface area contributed by atoms with E-state index >= 15 is 0 Å². The molecule has 0 saturated carbocycles. The van der Waals surface area contributed by atoms with Gasteiger partial charge in [-0.2, -0.15) is 5.10 Å². The van der Waals surface area contributed by atoms with E-state index in [1.807, 2.05) is 35.7 Å². The Hall–Kier alpha value is -2.14. The van der Waals surface area contributed by atoms with Gasteiger partial charge in [-0.15, -0.1) is 0 Å². The van der Waals surface area contributed by atoms with Crippen LogP contribution in [0.2, 0.25) is 0 Å². The number of hydrogen-bond acceptors (Lipinski definition) is 3. The number of carbonyl (C=O) groups excluding carboxylic acids is 1. The van der Waals surface area contributed by atoms with Gasteiger partial charge in [-0.3, -0.25) is 4.79 Å². The van der Waals surface area contributed by atoms with Crippen LogP contribution in [-0.2, 0) is 11.3 Å². The molecule has 1 aliphatic rings. The van der Waals surface area contributed by atoms with Gasteiger partial charge in [-0.1, -0.05) is 18.2 Å². The van der Waals surface area contributed by atoms with E-state index in [0.29, 0.717) is 19.0 Å². The first-order valence-electron chi connectivity index (χ1n) is 9.06. The zero-order valence-electron chi connectivity index (χ0n) is 15.7. The van der Waals surface area contributed by atoms with Crippen molar-refractivity contribution < 1.29 is 4.79 Å². The molecule has 1 aliphatic heterocycles. The second kappa shape index (κ2) is 7.40. The van der Waals surface area contributed by atoms with Crippen molar-refractivity contribution >= 4 is 5.91 Å². The molecule has 1 amide bonds. The molecular formula is C20H28N4O. The van der Waals surface area contributed by atoms with E-state index in [1.165, 1.54) is 12.0 Å². The normalized spacial score (nSPS) is 17.0. The first-order valence-corrected chi connectivity index (χ1v) is 9.06. The summed E-state index contributed by atoms with van der Waals surface area (Å²) >= 11 is 0. The molecule has 2 heterocycles. The molecule has 1 fully saturated rings. The van der Waals surface area contributed by atoms with Crippen LogP contribution in [0.15, 0.2) is 24.3 Å². The Morgan fingerprint density at radius 1 is 1.32 bits per heavy atom. The maximum atomic E-state index is 12.5. The minimum atomic E-state index is 0.196. The monoisotopic (exact) mass is 340 g/mol. The molecule has 5 nitrogen and oxygen atoms in total. The van der Waals surface area contributed by atoms with Crippen LogP contribution in [-0.4, -0.2) is 40.2 Å². The van der Waals surface area contributed by atoms with Crippen molar-refractivity contribution in [2.75, 3.05) is 13.6 Å². The highest BCUT2D eigenvalue weighted by Gasteiger charge is 2.22. The van der Waals surface area contributed by atoms with Crippen LogP contribution in [0.25, 0.3) is 5.69 Å². The average Bonchev–Trinajstić information content (AvgIpc) is 3.18. The highest BCUT2D eigenvalue weighted by Crippen LogP contribution is 2.22. The first kappa shape index (κ1) is 17.7. The highest BCUT2D eigenvalue weighted by atomic mass is 16.2. The molecule has 2 aromatic rings. The molecule has 1 saturated heterocycles. The molecule has 1 aromatic heterocycles. The predicted molar refractivity (Wildman–Crippen MR) is 99.9 cm³/mol. The summed E-state index contributed by atoms with van der Waals surface area (Å²) < 4.78 is 2.00. The summed E-state index contributed by atoms with van der Waals surface area (Å²) in [5.41, 5.74) is 5.51. The van der Waals surface area contributed by atoms with Gasteiger partial charge < -0.3 is 10.2 Å². The zero-order valence-corrected chi connectivity index (χ0v) is 15.7. The van der Waals surface area contributed by atoms with Crippen LogP contribution < -0.4 is 5.32 Å². The summed E-state index contributed by atoms with van der Waals surface area (Å²) in [4.78, 5) is 14.3. The molecule has 1 atom stereocenters. The average molecular weight is 340 g/mol. The minimum Gasteiger partial charge on any atom is -0.341 e. The third-order valence-corrected chi connectivity index (χ3v) is 5.19. The number of carbonyl (C=O) groups is 1. The van der Waals surface area contributed by atoms with Gasteiger partial charge in [0.1, 0.15) is 0 Å². The molecule has 0 spiro atoms. The Bertz CT molecular complexity index is 759. The van der Waals surface area contributed by atoms with Gasteiger partial charge in [0.15, 0.2) is 0 Å². The number of nitrogens with one attached hydrogen (secondary N) is 1. The molecule has 134 valence electrons. The fraction of sp³-hybridized carbons (Fsp3) is 0.500. The third-order valence-electron chi connectivity index (χ3n) is 5.19. The van der Waals surface area contributed by atoms with Crippen molar-refractivity contribution in [3.8, 4) is 5.69 Å². The standard InChI is InChI=1S/C20H28N4O/c1-14-8-5-6-10-19(14)24-16(3)18(15(2)22-24)13-23(4)20(25)12-17-9-7-11-21-17/h5-6,8,10,17,21H,7,9,11-13H2,1-4H3. The van der Waals surface area contributed by atoms with Crippen LogP contribution in [0, 0.1) is 20.8 Å². The van der Waals surface area contributed by atoms with Crippen molar-refractivity contribution in [1.29, 1.82) is 0 Å². The van der Waals surface area contributed by atoms with E-state index in [-0.39, 0.29) is 5.91 Å². The van der Waals surface area contributed by atoms with Crippen LogP contribution in [0.4, 0.5) is 0 Å². The summed E-state index contributed by atoms with van der Waals surface area (Å²) in [5, 5.41) is 8.12. The van der Waals surface area contributed by atoms with Crippen molar-refractivity contribution in [3.63, 3.8) is 0 Å². The second-order valence-corrected chi connectivity index (χ2v) is 7.09. The lowest BCUT2D eigenvalue weighted by molar-refractivity contribution is -0.130. The Morgan fingerprint density at radius 3 is 2.76 bits per heavy atom. The van der Waals surface area contributed by atoms with Gasteiger partial charge in [0.2, 0.25) is 5.91 Å². The fourth-order valence-corrected chi connectivity index (χ4v) is 3.56. The van der Waals surface area contributed by atoms with E-state index in [4.69, 9.17) is 5.10 Å². The minimum absolute atomic E-state index is 0.196. The number of rotatable bonds is 5. The smallest absolute Gasteiger partial charge is 0.224 e. The SMILES string of the molecule is Cc1ccccc1-n1nc(C)c(CN(C)C(=O)CC2CCCN2)c1C. The van der Waals surface area contributed by atoms with Gasteiger partial charge in [0.05, 0.1) is 11.4 Å². The number of hydrogen-bond donors (Lipinski definition) is 1. The highest BCUT2D eigenvalue weighted by molar-refractivity contribution is 5.76. The maximum Gasteiger partial charge on any atom is 0.224 e. The van der Waals surface area contributed by atoms with Gasteiger partial charge in [0, 0.05) is 37.3 Å². The van der Waals surface area contributed by atoms with Crippen molar-refractivity contribution in [3.05, 3.63) is 46.8 Å². The second-order valence-electron chi connectivity index (χ2n) is 7.09. The number of nitrogens with zero attached hydrogens (tertiary/aromatic N) is 3. The topological polar surface area (TPSA) is 50.2 Å². The van der Waals surface area contributed by atoms with Gasteiger partial charge in [0.25, 0.3) is 0 Å². The Balaban J connectivity index is 1.76. The molecule has 0 aliphatic carbocycles. The molecular weight excluding hydrogens is 312 g/mol. The number of benzene rings is 1. The summed E-state index contributed by atoms with van der Waals surface area (Å²) in [7, 11) is 1.89. The van der Waals surface area contributed by atoms with E-state index in [9.17, 15) is 4.79 Å². The van der Waals surface area contributed by atoms with Crippen LogP contribution in [0.3, 0.4) is 0 Å². The van der Waals surface area contributed by atoms with Crippen molar-refractivity contribution in [2.45, 2.75) is 52.6 Å². The van der Waals surface area contributed by atoms with Crippen LogP contribution >= 0.6 is 0 Å². The number of para-hydroxylation sites is 1. The summed E-state index contributed by atoms with van der Waals surface area (Å²) in [5.74, 6) is 0.196.